The smallest absolute Gasteiger partial charge is 0.338 e. The Kier molecular flexibility index (Phi) is 3.50. The number of aliphatic hydroxyl groups is 1. The number of hydrogen-bond donors (Lipinski definition) is 1. The first-order valence-electron chi connectivity index (χ1n) is 5.09. The number of likely N-dealkylation sites (tertiary alicyclic amines) is 1. The molecule has 14 heavy (non-hydrogen) atoms. The Morgan fingerprint density at radius 1 is 1.71 bits per heavy atom. The summed E-state index contributed by atoms with van der Waals surface area (Å²) in [4.78, 5) is 13.6. The van der Waals surface area contributed by atoms with Gasteiger partial charge in [-0.1, -0.05) is 0 Å². The zero-order valence-corrected chi connectivity index (χ0v) is 9.12. The van der Waals surface area contributed by atoms with Crippen molar-refractivity contribution in [3.63, 3.8) is 0 Å². The molecule has 1 N–H and O–H groups in total. The summed E-state index contributed by atoms with van der Waals surface area (Å²) >= 11 is 0. The van der Waals surface area contributed by atoms with Crippen LogP contribution in [0.4, 0.5) is 0 Å². The van der Waals surface area contributed by atoms with Crippen LogP contribution in [0, 0.1) is 0 Å². The SMILES string of the molecule is CCOC(=O)C1(O)CCN(C)C(C)C1. The maximum Gasteiger partial charge on any atom is 0.338 e. The molecule has 4 nitrogen and oxygen atoms in total. The summed E-state index contributed by atoms with van der Waals surface area (Å²) < 4.78 is 4.86. The topological polar surface area (TPSA) is 49.8 Å². The van der Waals surface area contributed by atoms with Crippen LogP contribution in [0.3, 0.4) is 0 Å². The second-order valence-electron chi connectivity index (χ2n) is 4.04. The summed E-state index contributed by atoms with van der Waals surface area (Å²) in [6, 6.07) is 0.221. The lowest BCUT2D eigenvalue weighted by atomic mass is 9.87. The van der Waals surface area contributed by atoms with Crippen molar-refractivity contribution in [1.82, 2.24) is 4.90 Å². The quantitative estimate of drug-likeness (QED) is 0.657. The number of piperidine rings is 1. The number of hydrogen-bond acceptors (Lipinski definition) is 4. The van der Waals surface area contributed by atoms with Gasteiger partial charge in [0.25, 0.3) is 0 Å². The van der Waals surface area contributed by atoms with E-state index < -0.39 is 11.6 Å². The molecule has 1 aliphatic heterocycles. The largest absolute Gasteiger partial charge is 0.464 e. The molecule has 4 heteroatoms. The van der Waals surface area contributed by atoms with E-state index in [1.165, 1.54) is 0 Å². The first kappa shape index (κ1) is 11.5. The van der Waals surface area contributed by atoms with E-state index in [-0.39, 0.29) is 6.04 Å². The number of rotatable bonds is 2. The maximum atomic E-state index is 11.5. The van der Waals surface area contributed by atoms with Crippen LogP contribution >= 0.6 is 0 Å². The summed E-state index contributed by atoms with van der Waals surface area (Å²) in [5.41, 5.74) is -1.26. The predicted molar refractivity (Wildman–Crippen MR) is 52.9 cm³/mol. The van der Waals surface area contributed by atoms with Crippen molar-refractivity contribution >= 4 is 5.97 Å². The highest BCUT2D eigenvalue weighted by molar-refractivity contribution is 5.79. The third-order valence-electron chi connectivity index (χ3n) is 2.92. The van der Waals surface area contributed by atoms with Crippen molar-refractivity contribution < 1.29 is 14.6 Å². The van der Waals surface area contributed by atoms with Crippen molar-refractivity contribution in [3.05, 3.63) is 0 Å². The molecule has 0 saturated carbocycles. The van der Waals surface area contributed by atoms with Gasteiger partial charge in [0.15, 0.2) is 5.60 Å². The van der Waals surface area contributed by atoms with E-state index >= 15 is 0 Å². The van der Waals surface area contributed by atoms with Crippen molar-refractivity contribution in [2.24, 2.45) is 0 Å². The minimum absolute atomic E-state index is 0.221. The Morgan fingerprint density at radius 2 is 2.36 bits per heavy atom. The molecule has 1 heterocycles. The lowest BCUT2D eigenvalue weighted by Gasteiger charge is -2.39. The molecule has 1 saturated heterocycles. The molecule has 2 unspecified atom stereocenters. The Bertz CT molecular complexity index is 219. The van der Waals surface area contributed by atoms with E-state index in [1.54, 1.807) is 6.92 Å². The fourth-order valence-corrected chi connectivity index (χ4v) is 1.78. The zero-order chi connectivity index (χ0) is 10.8. The first-order chi connectivity index (χ1) is 6.49. The Hall–Kier alpha value is -0.610. The number of nitrogens with zero attached hydrogens (tertiary/aromatic N) is 1. The summed E-state index contributed by atoms with van der Waals surface area (Å²) in [7, 11) is 2.00. The number of carbonyl (C=O) groups is 1. The van der Waals surface area contributed by atoms with Crippen LogP contribution in [0.25, 0.3) is 0 Å². The molecule has 0 aromatic heterocycles. The van der Waals surface area contributed by atoms with Crippen molar-refractivity contribution in [2.45, 2.75) is 38.3 Å². The van der Waals surface area contributed by atoms with Gasteiger partial charge in [0.05, 0.1) is 6.61 Å². The van der Waals surface area contributed by atoms with Gasteiger partial charge in [0, 0.05) is 19.0 Å². The highest BCUT2D eigenvalue weighted by Crippen LogP contribution is 2.26. The average molecular weight is 201 g/mol. The molecule has 0 spiro atoms. The van der Waals surface area contributed by atoms with Gasteiger partial charge in [-0.3, -0.25) is 0 Å². The fourth-order valence-electron chi connectivity index (χ4n) is 1.78. The molecule has 0 radical (unpaired) electrons. The van der Waals surface area contributed by atoms with Crippen LogP contribution in [0.15, 0.2) is 0 Å². The van der Waals surface area contributed by atoms with Gasteiger partial charge in [-0.05, 0) is 27.3 Å². The summed E-state index contributed by atoms with van der Waals surface area (Å²) in [6.07, 6.45) is 0.926. The van der Waals surface area contributed by atoms with Crippen LogP contribution in [-0.2, 0) is 9.53 Å². The van der Waals surface area contributed by atoms with E-state index in [4.69, 9.17) is 4.74 Å². The molecule has 0 bridgehead atoms. The molecule has 82 valence electrons. The molecule has 1 rings (SSSR count). The minimum atomic E-state index is -1.26. The van der Waals surface area contributed by atoms with Gasteiger partial charge in [-0.15, -0.1) is 0 Å². The molecule has 0 aliphatic carbocycles. The summed E-state index contributed by atoms with van der Waals surface area (Å²) in [5, 5.41) is 10.1. The highest BCUT2D eigenvalue weighted by Gasteiger charge is 2.42. The van der Waals surface area contributed by atoms with Crippen molar-refractivity contribution in [1.29, 1.82) is 0 Å². The first-order valence-corrected chi connectivity index (χ1v) is 5.09. The van der Waals surface area contributed by atoms with Crippen LogP contribution in [0.2, 0.25) is 0 Å². The normalized spacial score (nSPS) is 34.1. The fraction of sp³-hybridized carbons (Fsp3) is 0.900. The van der Waals surface area contributed by atoms with Crippen LogP contribution in [-0.4, -0.2) is 47.8 Å². The number of carbonyl (C=O) groups excluding carboxylic acids is 1. The molecular formula is C10H19NO3. The summed E-state index contributed by atoms with van der Waals surface area (Å²) in [5.74, 6) is -0.472. The maximum absolute atomic E-state index is 11.5. The van der Waals surface area contributed by atoms with Gasteiger partial charge in [0.2, 0.25) is 0 Å². The van der Waals surface area contributed by atoms with Gasteiger partial charge in [-0.25, -0.2) is 4.79 Å². The molecule has 0 amide bonds. The predicted octanol–water partition coefficient (Wildman–Crippen LogP) is 0.395. The van der Waals surface area contributed by atoms with Crippen molar-refractivity contribution in [2.75, 3.05) is 20.2 Å². The lowest BCUT2D eigenvalue weighted by molar-refractivity contribution is -0.171. The Balaban J connectivity index is 2.62. The molecule has 1 aliphatic rings. The van der Waals surface area contributed by atoms with Crippen molar-refractivity contribution in [3.8, 4) is 0 Å². The molecule has 0 aromatic carbocycles. The van der Waals surface area contributed by atoms with E-state index in [0.29, 0.717) is 19.4 Å². The van der Waals surface area contributed by atoms with E-state index in [1.807, 2.05) is 14.0 Å². The summed E-state index contributed by atoms with van der Waals surface area (Å²) in [6.45, 7) is 4.81. The van der Waals surface area contributed by atoms with Crippen LogP contribution < -0.4 is 0 Å². The minimum Gasteiger partial charge on any atom is -0.464 e. The molecular weight excluding hydrogens is 182 g/mol. The molecule has 1 fully saturated rings. The Labute approximate surface area is 84.8 Å². The van der Waals surface area contributed by atoms with Crippen LogP contribution in [0.5, 0.6) is 0 Å². The third-order valence-corrected chi connectivity index (χ3v) is 2.92. The zero-order valence-electron chi connectivity index (χ0n) is 9.12. The van der Waals surface area contributed by atoms with Gasteiger partial charge >= 0.3 is 5.97 Å². The van der Waals surface area contributed by atoms with Gasteiger partial charge < -0.3 is 14.7 Å². The second-order valence-corrected chi connectivity index (χ2v) is 4.04. The van der Waals surface area contributed by atoms with Gasteiger partial charge in [-0.2, -0.15) is 0 Å². The van der Waals surface area contributed by atoms with E-state index in [2.05, 4.69) is 4.90 Å². The third kappa shape index (κ3) is 2.25. The Morgan fingerprint density at radius 3 is 2.86 bits per heavy atom. The molecule has 2 atom stereocenters. The van der Waals surface area contributed by atoms with E-state index in [9.17, 15) is 9.90 Å². The average Bonchev–Trinajstić information content (AvgIpc) is 2.13. The monoisotopic (exact) mass is 201 g/mol. The number of esters is 1. The highest BCUT2D eigenvalue weighted by atomic mass is 16.5. The van der Waals surface area contributed by atoms with E-state index in [0.717, 1.165) is 6.54 Å². The standard InChI is InChI=1S/C10H19NO3/c1-4-14-9(12)10(13)5-6-11(3)8(2)7-10/h8,13H,4-7H2,1-3H3. The lowest BCUT2D eigenvalue weighted by Crippen LogP contribution is -2.52. The number of ether oxygens (including phenoxy) is 1. The molecule has 0 aromatic rings. The van der Waals surface area contributed by atoms with Crippen LogP contribution in [0.1, 0.15) is 26.7 Å². The second kappa shape index (κ2) is 4.28. The van der Waals surface area contributed by atoms with Gasteiger partial charge in [0.1, 0.15) is 0 Å².